The zero-order valence-corrected chi connectivity index (χ0v) is 9.84. The molecule has 0 bridgehead atoms. The molecule has 5 nitrogen and oxygen atoms in total. The molecule has 17 heavy (non-hydrogen) atoms. The summed E-state index contributed by atoms with van der Waals surface area (Å²) in [7, 11) is 1.55. The second kappa shape index (κ2) is 4.45. The first-order chi connectivity index (χ1) is 8.17. The highest BCUT2D eigenvalue weighted by atomic mass is 16.5. The number of urea groups is 1. The maximum Gasteiger partial charge on any atom is 0.331 e. The standard InChI is InChI=1S/C12H14N2O3/c1-3-13-8-11(15)14(12(13)16)9-5-4-6-10(7-9)17-2/h4-7H,3,8H2,1-2H3. The summed E-state index contributed by atoms with van der Waals surface area (Å²) in [4.78, 5) is 26.4. The molecule has 0 radical (unpaired) electrons. The van der Waals surface area contributed by atoms with Gasteiger partial charge in [0.2, 0.25) is 0 Å². The van der Waals surface area contributed by atoms with Gasteiger partial charge in [0.25, 0.3) is 5.91 Å². The highest BCUT2D eigenvalue weighted by molar-refractivity contribution is 6.19. The number of carbonyl (C=O) groups is 2. The average Bonchev–Trinajstić information content (AvgIpc) is 2.64. The summed E-state index contributed by atoms with van der Waals surface area (Å²) in [6.07, 6.45) is 0. The molecule has 1 aliphatic rings. The molecule has 0 aliphatic carbocycles. The molecule has 0 aromatic heterocycles. The van der Waals surface area contributed by atoms with E-state index in [0.717, 1.165) is 0 Å². The third-order valence-electron chi connectivity index (χ3n) is 2.73. The molecule has 1 aliphatic heterocycles. The van der Waals surface area contributed by atoms with Gasteiger partial charge < -0.3 is 9.64 Å². The van der Waals surface area contributed by atoms with Crippen LogP contribution in [0.15, 0.2) is 24.3 Å². The third-order valence-corrected chi connectivity index (χ3v) is 2.73. The van der Waals surface area contributed by atoms with Crippen LogP contribution in [0.25, 0.3) is 0 Å². The lowest BCUT2D eigenvalue weighted by molar-refractivity contribution is -0.116. The molecule has 1 saturated heterocycles. The van der Waals surface area contributed by atoms with E-state index in [1.54, 1.807) is 31.4 Å². The zero-order chi connectivity index (χ0) is 12.4. The Morgan fingerprint density at radius 2 is 2.12 bits per heavy atom. The maximum absolute atomic E-state index is 11.9. The molecule has 2 rings (SSSR count). The van der Waals surface area contributed by atoms with Gasteiger partial charge in [0, 0.05) is 12.6 Å². The lowest BCUT2D eigenvalue weighted by Gasteiger charge is -2.16. The van der Waals surface area contributed by atoms with Crippen LogP contribution in [0.5, 0.6) is 5.75 Å². The predicted octanol–water partition coefficient (Wildman–Crippen LogP) is 1.48. The molecule has 0 N–H and O–H groups in total. The van der Waals surface area contributed by atoms with Crippen molar-refractivity contribution in [3.63, 3.8) is 0 Å². The van der Waals surface area contributed by atoms with Crippen molar-refractivity contribution < 1.29 is 14.3 Å². The molecule has 0 atom stereocenters. The molecule has 0 spiro atoms. The normalized spacial score (nSPS) is 15.6. The maximum atomic E-state index is 11.9. The van der Waals surface area contributed by atoms with Crippen molar-refractivity contribution in [2.45, 2.75) is 6.92 Å². The van der Waals surface area contributed by atoms with E-state index in [1.807, 2.05) is 6.92 Å². The topological polar surface area (TPSA) is 49.9 Å². The number of likely N-dealkylation sites (N-methyl/N-ethyl adjacent to an activating group) is 1. The summed E-state index contributed by atoms with van der Waals surface area (Å²) in [6.45, 7) is 2.53. The Balaban J connectivity index is 2.33. The summed E-state index contributed by atoms with van der Waals surface area (Å²) >= 11 is 0. The molecule has 0 unspecified atom stereocenters. The number of hydrogen-bond acceptors (Lipinski definition) is 3. The number of imide groups is 1. The van der Waals surface area contributed by atoms with Crippen LogP contribution in [-0.4, -0.2) is 37.0 Å². The number of rotatable bonds is 3. The first-order valence-electron chi connectivity index (χ1n) is 5.43. The lowest BCUT2D eigenvalue weighted by Crippen LogP contribution is -2.32. The number of amides is 3. The van der Waals surface area contributed by atoms with Crippen molar-refractivity contribution in [3.8, 4) is 5.75 Å². The van der Waals surface area contributed by atoms with Gasteiger partial charge >= 0.3 is 6.03 Å². The Kier molecular flexibility index (Phi) is 2.99. The van der Waals surface area contributed by atoms with E-state index in [1.165, 1.54) is 9.80 Å². The quantitative estimate of drug-likeness (QED) is 0.744. The van der Waals surface area contributed by atoms with Crippen LogP contribution in [0.2, 0.25) is 0 Å². The van der Waals surface area contributed by atoms with Crippen LogP contribution >= 0.6 is 0 Å². The van der Waals surface area contributed by atoms with Crippen molar-refractivity contribution in [1.29, 1.82) is 0 Å². The third kappa shape index (κ3) is 1.95. The predicted molar refractivity (Wildman–Crippen MR) is 63.1 cm³/mol. The van der Waals surface area contributed by atoms with Gasteiger partial charge in [-0.25, -0.2) is 9.69 Å². The summed E-state index contributed by atoms with van der Waals surface area (Å²) in [5.41, 5.74) is 0.551. The first kappa shape index (κ1) is 11.4. The van der Waals surface area contributed by atoms with Crippen molar-refractivity contribution in [3.05, 3.63) is 24.3 Å². The smallest absolute Gasteiger partial charge is 0.331 e. The van der Waals surface area contributed by atoms with Gasteiger partial charge in [-0.1, -0.05) is 6.07 Å². The minimum atomic E-state index is -0.272. The number of hydrogen-bond donors (Lipinski definition) is 0. The van der Waals surface area contributed by atoms with Gasteiger partial charge in [0.05, 0.1) is 12.8 Å². The van der Waals surface area contributed by atoms with Crippen molar-refractivity contribution in [2.75, 3.05) is 25.1 Å². The Hall–Kier alpha value is -2.04. The molecule has 1 aromatic rings. The fraction of sp³-hybridized carbons (Fsp3) is 0.333. The van der Waals surface area contributed by atoms with E-state index in [4.69, 9.17) is 4.74 Å². The van der Waals surface area contributed by atoms with Crippen LogP contribution in [-0.2, 0) is 4.79 Å². The van der Waals surface area contributed by atoms with E-state index in [0.29, 0.717) is 18.0 Å². The van der Waals surface area contributed by atoms with E-state index >= 15 is 0 Å². The SMILES string of the molecule is CCN1CC(=O)N(c2cccc(OC)c2)C1=O. The molecular weight excluding hydrogens is 220 g/mol. The molecule has 3 amide bonds. The summed E-state index contributed by atoms with van der Waals surface area (Å²) in [5.74, 6) is 0.420. The molecule has 0 saturated carbocycles. The lowest BCUT2D eigenvalue weighted by atomic mass is 10.3. The minimum absolute atomic E-state index is 0.145. The van der Waals surface area contributed by atoms with Crippen LogP contribution in [0.4, 0.5) is 10.5 Å². The molecule has 5 heteroatoms. The zero-order valence-electron chi connectivity index (χ0n) is 9.84. The van der Waals surface area contributed by atoms with Crippen LogP contribution < -0.4 is 9.64 Å². The second-order valence-electron chi connectivity index (χ2n) is 3.73. The highest BCUT2D eigenvalue weighted by Gasteiger charge is 2.36. The monoisotopic (exact) mass is 234 g/mol. The fourth-order valence-corrected chi connectivity index (χ4v) is 1.80. The van der Waals surface area contributed by atoms with E-state index in [9.17, 15) is 9.59 Å². The highest BCUT2D eigenvalue weighted by Crippen LogP contribution is 2.24. The first-order valence-corrected chi connectivity index (χ1v) is 5.43. The van der Waals surface area contributed by atoms with Gasteiger partial charge in [-0.2, -0.15) is 0 Å². The fourth-order valence-electron chi connectivity index (χ4n) is 1.80. The Morgan fingerprint density at radius 1 is 1.35 bits per heavy atom. The van der Waals surface area contributed by atoms with Gasteiger partial charge in [0.1, 0.15) is 12.3 Å². The number of methoxy groups -OCH3 is 1. The Labute approximate surface area is 99.6 Å². The van der Waals surface area contributed by atoms with Crippen molar-refractivity contribution in [1.82, 2.24) is 4.90 Å². The number of anilines is 1. The number of carbonyl (C=O) groups excluding carboxylic acids is 2. The minimum Gasteiger partial charge on any atom is -0.497 e. The summed E-state index contributed by atoms with van der Waals surface area (Å²) < 4.78 is 5.08. The van der Waals surface area contributed by atoms with Gasteiger partial charge in [-0.3, -0.25) is 4.79 Å². The van der Waals surface area contributed by atoms with Crippen molar-refractivity contribution >= 4 is 17.6 Å². The van der Waals surface area contributed by atoms with Crippen molar-refractivity contribution in [2.24, 2.45) is 0 Å². The summed E-state index contributed by atoms with van der Waals surface area (Å²) in [5, 5.41) is 0. The molecule has 1 heterocycles. The number of ether oxygens (including phenoxy) is 1. The second-order valence-corrected chi connectivity index (χ2v) is 3.73. The average molecular weight is 234 g/mol. The van der Waals surface area contributed by atoms with E-state index in [2.05, 4.69) is 0 Å². The van der Waals surface area contributed by atoms with Gasteiger partial charge in [-0.15, -0.1) is 0 Å². The molecular formula is C12H14N2O3. The Bertz CT molecular complexity index is 459. The van der Waals surface area contributed by atoms with Crippen LogP contribution in [0, 0.1) is 0 Å². The Morgan fingerprint density at radius 3 is 2.71 bits per heavy atom. The van der Waals surface area contributed by atoms with E-state index < -0.39 is 0 Å². The summed E-state index contributed by atoms with van der Waals surface area (Å²) in [6, 6.07) is 6.65. The van der Waals surface area contributed by atoms with Gasteiger partial charge in [-0.05, 0) is 19.1 Å². The molecule has 1 fully saturated rings. The van der Waals surface area contributed by atoms with Crippen LogP contribution in [0.1, 0.15) is 6.92 Å². The van der Waals surface area contributed by atoms with Crippen LogP contribution in [0.3, 0.4) is 0 Å². The van der Waals surface area contributed by atoms with Gasteiger partial charge in [0.15, 0.2) is 0 Å². The number of nitrogens with zero attached hydrogens (tertiary/aromatic N) is 2. The molecule has 1 aromatic carbocycles. The van der Waals surface area contributed by atoms with E-state index in [-0.39, 0.29) is 18.5 Å². The molecule has 90 valence electrons. The number of benzene rings is 1. The largest absolute Gasteiger partial charge is 0.497 e.